The molecule has 3 rings (SSSR count). The Morgan fingerprint density at radius 2 is 1.90 bits per heavy atom. The van der Waals surface area contributed by atoms with Crippen molar-refractivity contribution in [3.05, 3.63) is 65.6 Å². The standard InChI is InChI=1S/C23H17F6NO/c1-4-14-15-10-9-13-19(21(15)31-20(14)16(5-2)22(24,25)26)30(3)18-12-8-6-7-11-17(18)23(27,28)29/h4-5,7,9-11,13H,1,12H2,2-3H3/b16-5+. The molecule has 162 valence electrons. The van der Waals surface area contributed by atoms with Gasteiger partial charge in [-0.3, -0.25) is 0 Å². The number of halogens is 6. The van der Waals surface area contributed by atoms with E-state index in [1.54, 1.807) is 0 Å². The summed E-state index contributed by atoms with van der Waals surface area (Å²) in [5.41, 5.74) is -1.72. The lowest BCUT2D eigenvalue weighted by Crippen LogP contribution is -2.23. The maximum Gasteiger partial charge on any atom is 0.419 e. The van der Waals surface area contributed by atoms with Gasteiger partial charge in [-0.2, -0.15) is 26.3 Å². The molecule has 0 aliphatic heterocycles. The zero-order valence-electron chi connectivity index (χ0n) is 16.6. The normalized spacial score (nSPS) is 15.0. The van der Waals surface area contributed by atoms with Crippen molar-refractivity contribution in [1.82, 2.24) is 0 Å². The van der Waals surface area contributed by atoms with Crippen LogP contribution in [0.25, 0.3) is 22.6 Å². The van der Waals surface area contributed by atoms with E-state index in [2.05, 4.69) is 18.4 Å². The maximum atomic E-state index is 13.6. The summed E-state index contributed by atoms with van der Waals surface area (Å²) in [6.45, 7) is 4.81. The molecular formula is C23H17F6NO. The number of benzene rings is 1. The van der Waals surface area contributed by atoms with Crippen LogP contribution in [0.1, 0.15) is 24.7 Å². The summed E-state index contributed by atoms with van der Waals surface area (Å²) in [7, 11) is 1.40. The first-order chi connectivity index (χ1) is 14.5. The number of allylic oxidation sites excluding steroid dienone is 6. The third-order valence-electron chi connectivity index (χ3n) is 4.85. The Morgan fingerprint density at radius 1 is 1.19 bits per heavy atom. The van der Waals surface area contributed by atoms with Gasteiger partial charge in [0, 0.05) is 23.7 Å². The molecule has 2 aromatic rings. The quantitative estimate of drug-likeness (QED) is 0.370. The number of anilines is 1. The number of para-hydroxylation sites is 1. The van der Waals surface area contributed by atoms with Crippen LogP contribution in [0.15, 0.2) is 58.7 Å². The van der Waals surface area contributed by atoms with E-state index in [-0.39, 0.29) is 29.0 Å². The highest BCUT2D eigenvalue weighted by Gasteiger charge is 2.39. The Labute approximate surface area is 174 Å². The first kappa shape index (κ1) is 22.3. The molecule has 2 nitrogen and oxygen atoms in total. The molecular weight excluding hydrogens is 420 g/mol. The Balaban J connectivity index is 2.27. The SMILES string of the molecule is C=Cc1c(/C(=C\C)C(F)(F)F)oc2c(N(C)C3=C(C(F)(F)F)C=CC#CC3)cccc12. The second kappa shape index (κ2) is 8.06. The van der Waals surface area contributed by atoms with Crippen LogP contribution in [-0.2, 0) is 0 Å². The number of furan rings is 1. The second-order valence-corrected chi connectivity index (χ2v) is 6.65. The fraction of sp³-hybridized carbons (Fsp3) is 0.217. The minimum Gasteiger partial charge on any atom is -0.453 e. The first-order valence-corrected chi connectivity index (χ1v) is 9.11. The fourth-order valence-electron chi connectivity index (χ4n) is 3.43. The highest BCUT2D eigenvalue weighted by molar-refractivity contribution is 5.99. The minimum atomic E-state index is -4.68. The van der Waals surface area contributed by atoms with Gasteiger partial charge in [-0.1, -0.05) is 42.7 Å². The summed E-state index contributed by atoms with van der Waals surface area (Å²) >= 11 is 0. The lowest BCUT2D eigenvalue weighted by atomic mass is 10.0. The summed E-state index contributed by atoms with van der Waals surface area (Å²) < 4.78 is 86.9. The van der Waals surface area contributed by atoms with Crippen molar-refractivity contribution in [2.45, 2.75) is 25.7 Å². The Hall–Kier alpha value is -3.34. The molecule has 0 atom stereocenters. The topological polar surface area (TPSA) is 16.4 Å². The third kappa shape index (κ3) is 4.13. The highest BCUT2D eigenvalue weighted by atomic mass is 19.4. The van der Waals surface area contributed by atoms with Crippen LogP contribution in [0.4, 0.5) is 32.0 Å². The van der Waals surface area contributed by atoms with Gasteiger partial charge < -0.3 is 9.32 Å². The van der Waals surface area contributed by atoms with Gasteiger partial charge in [0.1, 0.15) is 5.76 Å². The predicted octanol–water partition coefficient (Wildman–Crippen LogP) is 7.26. The molecule has 1 aromatic heterocycles. The molecule has 31 heavy (non-hydrogen) atoms. The molecule has 0 amide bonds. The van der Waals surface area contributed by atoms with Crippen molar-refractivity contribution < 1.29 is 30.8 Å². The van der Waals surface area contributed by atoms with Crippen molar-refractivity contribution >= 4 is 28.3 Å². The molecule has 0 radical (unpaired) electrons. The van der Waals surface area contributed by atoms with Crippen LogP contribution in [0.5, 0.6) is 0 Å². The summed E-state index contributed by atoms with van der Waals surface area (Å²) in [5, 5.41) is 0.308. The number of nitrogens with zero attached hydrogens (tertiary/aromatic N) is 1. The van der Waals surface area contributed by atoms with Crippen LogP contribution < -0.4 is 4.90 Å². The van der Waals surface area contributed by atoms with Crippen molar-refractivity contribution in [2.75, 3.05) is 11.9 Å². The largest absolute Gasteiger partial charge is 0.453 e. The Kier molecular flexibility index (Phi) is 5.81. The monoisotopic (exact) mass is 437 g/mol. The van der Waals surface area contributed by atoms with E-state index in [1.807, 2.05) is 0 Å². The number of rotatable bonds is 4. The molecule has 0 saturated carbocycles. The van der Waals surface area contributed by atoms with Crippen LogP contribution in [-0.4, -0.2) is 19.4 Å². The summed E-state index contributed by atoms with van der Waals surface area (Å²) in [4.78, 5) is 1.25. The number of hydrogen-bond donors (Lipinski definition) is 0. The van der Waals surface area contributed by atoms with Gasteiger partial charge in [0.2, 0.25) is 0 Å². The second-order valence-electron chi connectivity index (χ2n) is 6.65. The molecule has 0 N–H and O–H groups in total. The molecule has 0 saturated heterocycles. The van der Waals surface area contributed by atoms with Crippen LogP contribution in [0.3, 0.4) is 0 Å². The third-order valence-corrected chi connectivity index (χ3v) is 4.85. The van der Waals surface area contributed by atoms with E-state index in [1.165, 1.54) is 43.1 Å². The summed E-state index contributed by atoms with van der Waals surface area (Å²) in [6, 6.07) is 4.55. The van der Waals surface area contributed by atoms with E-state index in [4.69, 9.17) is 4.42 Å². The van der Waals surface area contributed by atoms with Crippen LogP contribution in [0.2, 0.25) is 0 Å². The Bertz CT molecular complexity index is 1180. The van der Waals surface area contributed by atoms with Gasteiger partial charge in [-0.25, -0.2) is 0 Å². The highest BCUT2D eigenvalue weighted by Crippen LogP contribution is 2.43. The van der Waals surface area contributed by atoms with E-state index in [0.717, 1.165) is 18.2 Å². The lowest BCUT2D eigenvalue weighted by molar-refractivity contribution is -0.0891. The van der Waals surface area contributed by atoms with Gasteiger partial charge in [-0.05, 0) is 25.1 Å². The van der Waals surface area contributed by atoms with Gasteiger partial charge in [0.15, 0.2) is 5.58 Å². The number of fused-ring (bicyclic) bond motifs is 1. The minimum absolute atomic E-state index is 0.0220. The summed E-state index contributed by atoms with van der Waals surface area (Å²) in [5.74, 6) is 4.71. The average molecular weight is 437 g/mol. The van der Waals surface area contributed by atoms with E-state index < -0.39 is 29.3 Å². The van der Waals surface area contributed by atoms with E-state index in [0.29, 0.717) is 5.39 Å². The fourth-order valence-corrected chi connectivity index (χ4v) is 3.43. The van der Waals surface area contributed by atoms with Gasteiger partial charge in [0.05, 0.1) is 23.3 Å². The van der Waals surface area contributed by atoms with Crippen LogP contribution >= 0.6 is 0 Å². The van der Waals surface area contributed by atoms with Crippen LogP contribution in [0, 0.1) is 11.8 Å². The van der Waals surface area contributed by atoms with Gasteiger partial charge in [0.25, 0.3) is 0 Å². The molecule has 1 aromatic carbocycles. The number of alkyl halides is 6. The van der Waals surface area contributed by atoms with Crippen molar-refractivity contribution in [3.63, 3.8) is 0 Å². The van der Waals surface area contributed by atoms with Gasteiger partial charge >= 0.3 is 12.4 Å². The zero-order valence-corrected chi connectivity index (χ0v) is 16.6. The molecule has 0 fully saturated rings. The Morgan fingerprint density at radius 3 is 2.48 bits per heavy atom. The number of hydrogen-bond acceptors (Lipinski definition) is 2. The van der Waals surface area contributed by atoms with Crippen molar-refractivity contribution in [2.24, 2.45) is 0 Å². The predicted molar refractivity (Wildman–Crippen MR) is 109 cm³/mol. The van der Waals surface area contributed by atoms with Crippen molar-refractivity contribution in [1.29, 1.82) is 0 Å². The lowest BCUT2D eigenvalue weighted by Gasteiger charge is -2.25. The van der Waals surface area contributed by atoms with Gasteiger partial charge in [-0.15, -0.1) is 0 Å². The molecule has 8 heteroatoms. The maximum absolute atomic E-state index is 13.6. The molecule has 1 heterocycles. The first-order valence-electron chi connectivity index (χ1n) is 9.11. The summed E-state index contributed by atoms with van der Waals surface area (Å²) in [6.07, 6.45) is -5.40. The molecule has 1 aliphatic carbocycles. The zero-order chi connectivity index (χ0) is 23.0. The molecule has 0 unspecified atom stereocenters. The van der Waals surface area contributed by atoms with E-state index >= 15 is 0 Å². The van der Waals surface area contributed by atoms with Crippen molar-refractivity contribution in [3.8, 4) is 11.8 Å². The molecule has 0 spiro atoms. The molecule has 0 bridgehead atoms. The average Bonchev–Trinajstić information content (AvgIpc) is 2.86. The smallest absolute Gasteiger partial charge is 0.419 e. The molecule has 1 aliphatic rings. The van der Waals surface area contributed by atoms with E-state index in [9.17, 15) is 26.3 Å².